The Morgan fingerprint density at radius 1 is 0.419 bits per heavy atom. The van der Waals surface area contributed by atoms with E-state index < -0.39 is 0 Å². The Kier molecular flexibility index (Phi) is 2.86. The zero-order chi connectivity index (χ0) is 20.1. The molecule has 7 aromatic rings. The van der Waals surface area contributed by atoms with Gasteiger partial charge in [-0.05, 0) is 65.7 Å². The van der Waals surface area contributed by atoms with E-state index in [4.69, 9.17) is 0 Å². The van der Waals surface area contributed by atoms with Gasteiger partial charge in [0, 0.05) is 21.2 Å². The highest BCUT2D eigenvalue weighted by Gasteiger charge is 2.28. The first-order valence-electron chi connectivity index (χ1n) is 10.7. The van der Waals surface area contributed by atoms with Gasteiger partial charge in [-0.3, -0.25) is 0 Å². The van der Waals surface area contributed by atoms with E-state index in [0.29, 0.717) is 0 Å². The van der Waals surface area contributed by atoms with E-state index in [9.17, 15) is 0 Å². The average molecular weight is 409 g/mol. The van der Waals surface area contributed by atoms with Gasteiger partial charge >= 0.3 is 0 Å². The molecule has 0 fully saturated rings. The third-order valence-corrected chi connectivity index (χ3v) is 7.98. The Balaban J connectivity index is 1.78. The second-order valence-corrected chi connectivity index (χ2v) is 9.41. The predicted molar refractivity (Wildman–Crippen MR) is 136 cm³/mol. The maximum absolute atomic E-state index is 2.37. The second-order valence-electron chi connectivity index (χ2n) is 8.50. The number of benzene rings is 6. The molecule has 0 saturated heterocycles. The third-order valence-electron chi connectivity index (χ3n) is 7.04. The van der Waals surface area contributed by atoms with Crippen LogP contribution < -0.4 is 0 Å². The van der Waals surface area contributed by atoms with E-state index in [0.717, 1.165) is 0 Å². The molecule has 0 bridgehead atoms. The summed E-state index contributed by atoms with van der Waals surface area (Å²) < 4.78 is 1.38. The van der Waals surface area contributed by atoms with Crippen LogP contribution in [0.2, 0.25) is 0 Å². The number of thiophene rings is 1. The lowest BCUT2D eigenvalue weighted by atomic mass is 9.86. The van der Waals surface area contributed by atoms with Crippen molar-refractivity contribution in [2.45, 2.75) is 0 Å². The highest BCUT2D eigenvalue weighted by molar-refractivity contribution is 7.18. The van der Waals surface area contributed by atoms with Crippen LogP contribution in [0, 0.1) is 0 Å². The first-order chi connectivity index (χ1) is 15.4. The Morgan fingerprint density at radius 3 is 1.71 bits per heavy atom. The Hall–Kier alpha value is -3.68. The maximum atomic E-state index is 2.37. The van der Waals surface area contributed by atoms with Crippen molar-refractivity contribution in [3.05, 3.63) is 96.4 Å². The normalized spacial score (nSPS) is 12.5. The Bertz CT molecular complexity index is 1790. The summed E-state index contributed by atoms with van der Waals surface area (Å²) in [6.07, 6.45) is 0. The van der Waals surface area contributed by atoms with Crippen molar-refractivity contribution < 1.29 is 0 Å². The standard InChI is InChI=1S/C30H16S/c1-3-8-19-17(6-1)12-14-21-22-15-13-18-7-2-4-9-20(18)28(22)30-24-16-31-25-11-5-10-23(26(24)25)29(30)27(19)21/h1-16H. The first kappa shape index (κ1) is 16.1. The molecule has 0 N–H and O–H groups in total. The van der Waals surface area contributed by atoms with Crippen molar-refractivity contribution in [2.24, 2.45) is 0 Å². The van der Waals surface area contributed by atoms with Crippen LogP contribution in [0.4, 0.5) is 0 Å². The first-order valence-corrected chi connectivity index (χ1v) is 11.6. The number of hydrogen-bond donors (Lipinski definition) is 0. The van der Waals surface area contributed by atoms with E-state index >= 15 is 0 Å². The van der Waals surface area contributed by atoms with E-state index in [1.54, 1.807) is 0 Å². The molecule has 0 aliphatic heterocycles. The lowest BCUT2D eigenvalue weighted by Crippen LogP contribution is -1.89. The Morgan fingerprint density at radius 2 is 1.03 bits per heavy atom. The molecule has 0 saturated carbocycles. The smallest absolute Gasteiger partial charge is 0.0355 e. The fraction of sp³-hybridized carbons (Fsp3) is 0. The average Bonchev–Trinajstić information content (AvgIpc) is 3.41. The van der Waals surface area contributed by atoms with Gasteiger partial charge < -0.3 is 0 Å². The molecule has 0 spiro atoms. The van der Waals surface area contributed by atoms with Crippen molar-refractivity contribution in [1.82, 2.24) is 0 Å². The molecule has 1 aliphatic rings. The molecule has 142 valence electrons. The van der Waals surface area contributed by atoms with Crippen molar-refractivity contribution >= 4 is 64.5 Å². The minimum atomic E-state index is 1.30. The van der Waals surface area contributed by atoms with Crippen LogP contribution in [0.15, 0.2) is 96.4 Å². The largest absolute Gasteiger partial charge is 0.143 e. The molecule has 0 atom stereocenters. The summed E-state index contributed by atoms with van der Waals surface area (Å²) in [5.41, 5.74) is 5.63. The van der Waals surface area contributed by atoms with Gasteiger partial charge in [0.15, 0.2) is 0 Å². The minimum Gasteiger partial charge on any atom is -0.143 e. The molecule has 1 aliphatic carbocycles. The van der Waals surface area contributed by atoms with Crippen LogP contribution in [0.5, 0.6) is 0 Å². The number of hydrogen-bond acceptors (Lipinski definition) is 1. The molecule has 1 heteroatoms. The minimum absolute atomic E-state index is 1.30. The van der Waals surface area contributed by atoms with Gasteiger partial charge in [-0.15, -0.1) is 11.3 Å². The van der Waals surface area contributed by atoms with Crippen molar-refractivity contribution in [2.75, 3.05) is 0 Å². The van der Waals surface area contributed by atoms with Crippen LogP contribution in [0.25, 0.3) is 75.4 Å². The summed E-state index contributed by atoms with van der Waals surface area (Å²) in [6, 6.07) is 33.7. The van der Waals surface area contributed by atoms with Crippen LogP contribution in [0.1, 0.15) is 0 Å². The van der Waals surface area contributed by atoms with Crippen molar-refractivity contribution in [3.63, 3.8) is 0 Å². The van der Waals surface area contributed by atoms with Crippen LogP contribution in [-0.4, -0.2) is 0 Å². The molecule has 0 nitrogen and oxygen atoms in total. The van der Waals surface area contributed by atoms with Crippen LogP contribution in [-0.2, 0) is 0 Å². The van der Waals surface area contributed by atoms with Gasteiger partial charge in [0.1, 0.15) is 0 Å². The highest BCUT2D eigenvalue weighted by atomic mass is 32.1. The van der Waals surface area contributed by atoms with Gasteiger partial charge in [0.2, 0.25) is 0 Å². The summed E-state index contributed by atoms with van der Waals surface area (Å²) in [5.74, 6) is 0. The molecule has 0 unspecified atom stereocenters. The fourth-order valence-electron chi connectivity index (χ4n) is 5.80. The molecule has 1 heterocycles. The van der Waals surface area contributed by atoms with Crippen molar-refractivity contribution in [3.8, 4) is 22.3 Å². The molecule has 8 rings (SSSR count). The van der Waals surface area contributed by atoms with Gasteiger partial charge in [-0.2, -0.15) is 0 Å². The summed E-state index contributed by atoms with van der Waals surface area (Å²) >= 11 is 1.87. The quantitative estimate of drug-likeness (QED) is 0.219. The third kappa shape index (κ3) is 1.87. The topological polar surface area (TPSA) is 0 Å². The summed E-state index contributed by atoms with van der Waals surface area (Å²) in [5, 5.41) is 14.6. The number of fused-ring (bicyclic) bond motifs is 12. The monoisotopic (exact) mass is 408 g/mol. The van der Waals surface area contributed by atoms with Gasteiger partial charge in [-0.25, -0.2) is 0 Å². The summed E-state index contributed by atoms with van der Waals surface area (Å²) in [4.78, 5) is 0. The molecule has 6 aromatic carbocycles. The molecular formula is C30H16S. The fourth-order valence-corrected chi connectivity index (χ4v) is 6.78. The summed E-state index contributed by atoms with van der Waals surface area (Å²) in [7, 11) is 0. The molecule has 31 heavy (non-hydrogen) atoms. The SMILES string of the molecule is c1ccc2c(c1)ccc1c3ccc4ccccc4c3c3c(c21)-c1cccc2scc-3c12. The van der Waals surface area contributed by atoms with E-state index in [-0.39, 0.29) is 0 Å². The Labute approximate surface area is 183 Å². The summed E-state index contributed by atoms with van der Waals surface area (Å²) in [6.45, 7) is 0. The maximum Gasteiger partial charge on any atom is 0.0355 e. The van der Waals surface area contributed by atoms with E-state index in [1.807, 2.05) is 11.3 Å². The van der Waals surface area contributed by atoms with Gasteiger partial charge in [0.25, 0.3) is 0 Å². The zero-order valence-electron chi connectivity index (χ0n) is 16.6. The highest BCUT2D eigenvalue weighted by Crippen LogP contribution is 2.57. The van der Waals surface area contributed by atoms with Crippen LogP contribution >= 0.6 is 11.3 Å². The van der Waals surface area contributed by atoms with Crippen LogP contribution in [0.3, 0.4) is 0 Å². The van der Waals surface area contributed by atoms with Gasteiger partial charge in [0.05, 0.1) is 0 Å². The van der Waals surface area contributed by atoms with Gasteiger partial charge in [-0.1, -0.05) is 84.9 Å². The zero-order valence-corrected chi connectivity index (χ0v) is 17.5. The molecule has 0 radical (unpaired) electrons. The van der Waals surface area contributed by atoms with E-state index in [1.165, 1.54) is 75.4 Å². The molecule has 1 aromatic heterocycles. The predicted octanol–water partition coefficient (Wildman–Crippen LogP) is 9.16. The lowest BCUT2D eigenvalue weighted by Gasteiger charge is -2.17. The lowest BCUT2D eigenvalue weighted by molar-refractivity contribution is 1.77. The molecular weight excluding hydrogens is 392 g/mol. The number of rotatable bonds is 0. The van der Waals surface area contributed by atoms with Crippen molar-refractivity contribution in [1.29, 1.82) is 0 Å². The second kappa shape index (κ2) is 5.51. The van der Waals surface area contributed by atoms with E-state index in [2.05, 4.69) is 96.4 Å². The molecule has 0 amide bonds.